The van der Waals surface area contributed by atoms with Crippen molar-refractivity contribution in [3.05, 3.63) is 52.3 Å². The van der Waals surface area contributed by atoms with Gasteiger partial charge in [0.25, 0.3) is 0 Å². The molecule has 0 spiro atoms. The number of benzene rings is 1. The Hall–Kier alpha value is -1.32. The van der Waals surface area contributed by atoms with Crippen LogP contribution >= 0.6 is 11.6 Å². The molecule has 0 saturated heterocycles. The molecule has 0 aliphatic heterocycles. The minimum Gasteiger partial charge on any atom is -0.382 e. The van der Waals surface area contributed by atoms with Crippen LogP contribution in [0.4, 0.5) is 0 Å². The SMILES string of the molecule is CCn1ncc(Cl)c1C(O)c1cccc(C2CC2)c1. The predicted octanol–water partition coefficient (Wildman–Crippen LogP) is 3.52. The summed E-state index contributed by atoms with van der Waals surface area (Å²) in [5, 5.41) is 15.2. The van der Waals surface area contributed by atoms with Crippen LogP contribution in [0.25, 0.3) is 0 Å². The molecule has 3 nitrogen and oxygen atoms in total. The van der Waals surface area contributed by atoms with Crippen LogP contribution in [-0.2, 0) is 6.54 Å². The summed E-state index contributed by atoms with van der Waals surface area (Å²) < 4.78 is 1.75. The van der Waals surface area contributed by atoms with E-state index in [4.69, 9.17) is 11.6 Å². The molecule has 1 heterocycles. The Bertz CT molecular complexity index is 590. The molecule has 0 bridgehead atoms. The minimum atomic E-state index is -0.714. The first-order valence-corrected chi connectivity index (χ1v) is 7.07. The molecule has 4 heteroatoms. The summed E-state index contributed by atoms with van der Waals surface area (Å²) in [6.45, 7) is 2.68. The fourth-order valence-electron chi connectivity index (χ4n) is 2.45. The molecule has 19 heavy (non-hydrogen) atoms. The van der Waals surface area contributed by atoms with Gasteiger partial charge in [0.1, 0.15) is 6.10 Å². The van der Waals surface area contributed by atoms with E-state index in [1.165, 1.54) is 18.4 Å². The third-order valence-electron chi connectivity index (χ3n) is 3.67. The lowest BCUT2D eigenvalue weighted by Crippen LogP contribution is -2.09. The maximum Gasteiger partial charge on any atom is 0.122 e. The van der Waals surface area contributed by atoms with Gasteiger partial charge in [-0.15, -0.1) is 0 Å². The molecule has 1 N–H and O–H groups in total. The Morgan fingerprint density at radius 1 is 1.47 bits per heavy atom. The number of aryl methyl sites for hydroxylation is 1. The van der Waals surface area contributed by atoms with E-state index in [2.05, 4.69) is 17.2 Å². The first-order valence-electron chi connectivity index (χ1n) is 6.69. The number of aliphatic hydroxyl groups is 1. The van der Waals surface area contributed by atoms with Gasteiger partial charge in [-0.3, -0.25) is 4.68 Å². The molecule has 1 atom stereocenters. The summed E-state index contributed by atoms with van der Waals surface area (Å²) in [6.07, 6.45) is 3.39. The van der Waals surface area contributed by atoms with E-state index < -0.39 is 6.10 Å². The van der Waals surface area contributed by atoms with Gasteiger partial charge in [-0.25, -0.2) is 0 Å². The number of hydrogen-bond acceptors (Lipinski definition) is 2. The van der Waals surface area contributed by atoms with Gasteiger partial charge in [0, 0.05) is 6.54 Å². The first kappa shape index (κ1) is 12.7. The van der Waals surface area contributed by atoms with E-state index in [1.54, 1.807) is 10.9 Å². The van der Waals surface area contributed by atoms with Gasteiger partial charge < -0.3 is 5.11 Å². The lowest BCUT2D eigenvalue weighted by atomic mass is 10.0. The van der Waals surface area contributed by atoms with E-state index in [9.17, 15) is 5.11 Å². The van der Waals surface area contributed by atoms with E-state index in [-0.39, 0.29) is 0 Å². The van der Waals surface area contributed by atoms with Gasteiger partial charge in [0.2, 0.25) is 0 Å². The van der Waals surface area contributed by atoms with Gasteiger partial charge in [-0.05, 0) is 36.8 Å². The Morgan fingerprint density at radius 3 is 2.95 bits per heavy atom. The zero-order valence-electron chi connectivity index (χ0n) is 10.9. The second-order valence-corrected chi connectivity index (χ2v) is 5.45. The third-order valence-corrected chi connectivity index (χ3v) is 3.96. The van der Waals surface area contributed by atoms with Gasteiger partial charge in [0.05, 0.1) is 16.9 Å². The molecule has 3 rings (SSSR count). The van der Waals surface area contributed by atoms with E-state index in [0.717, 1.165) is 5.56 Å². The second-order valence-electron chi connectivity index (χ2n) is 5.04. The van der Waals surface area contributed by atoms with Crippen molar-refractivity contribution in [2.75, 3.05) is 0 Å². The number of aliphatic hydroxyl groups excluding tert-OH is 1. The highest BCUT2D eigenvalue weighted by Crippen LogP contribution is 2.41. The van der Waals surface area contributed by atoms with Crippen LogP contribution in [0.5, 0.6) is 0 Å². The standard InChI is InChI=1S/C15H17ClN2O/c1-2-18-14(13(16)9-17-18)15(19)12-5-3-4-11(8-12)10-6-7-10/h3-5,8-10,15,19H,2,6-7H2,1H3. The fraction of sp³-hybridized carbons (Fsp3) is 0.400. The highest BCUT2D eigenvalue weighted by Gasteiger charge is 2.25. The quantitative estimate of drug-likeness (QED) is 0.928. The van der Waals surface area contributed by atoms with Crippen molar-refractivity contribution in [2.24, 2.45) is 0 Å². The lowest BCUT2D eigenvalue weighted by molar-refractivity contribution is 0.208. The zero-order chi connectivity index (χ0) is 13.4. The van der Waals surface area contributed by atoms with Gasteiger partial charge in [-0.1, -0.05) is 35.9 Å². The molecule has 1 unspecified atom stereocenters. The third kappa shape index (κ3) is 2.40. The summed E-state index contributed by atoms with van der Waals surface area (Å²) in [5.74, 6) is 0.679. The molecule has 0 amide bonds. The van der Waals surface area contributed by atoms with E-state index >= 15 is 0 Å². The van der Waals surface area contributed by atoms with E-state index in [0.29, 0.717) is 23.2 Å². The smallest absolute Gasteiger partial charge is 0.122 e. The summed E-state index contributed by atoms with van der Waals surface area (Å²) in [6, 6.07) is 8.17. The molecule has 0 radical (unpaired) electrons. The molecular formula is C15H17ClN2O. The lowest BCUT2D eigenvalue weighted by Gasteiger charge is -2.14. The first-order chi connectivity index (χ1) is 9.20. The predicted molar refractivity (Wildman–Crippen MR) is 75.4 cm³/mol. The van der Waals surface area contributed by atoms with Crippen LogP contribution in [0, 0.1) is 0 Å². The summed E-state index contributed by atoms with van der Waals surface area (Å²) in [4.78, 5) is 0. The van der Waals surface area contributed by atoms with Crippen molar-refractivity contribution in [1.29, 1.82) is 0 Å². The Morgan fingerprint density at radius 2 is 2.26 bits per heavy atom. The number of nitrogens with zero attached hydrogens (tertiary/aromatic N) is 2. The van der Waals surface area contributed by atoms with Crippen LogP contribution in [0.1, 0.15) is 48.6 Å². The molecule has 1 saturated carbocycles. The Balaban J connectivity index is 1.96. The summed E-state index contributed by atoms with van der Waals surface area (Å²) in [5.41, 5.74) is 2.88. The molecule has 2 aromatic rings. The van der Waals surface area contributed by atoms with Crippen LogP contribution in [0.2, 0.25) is 5.02 Å². The van der Waals surface area contributed by atoms with Crippen molar-refractivity contribution in [1.82, 2.24) is 9.78 Å². The normalized spacial score (nSPS) is 16.6. The average molecular weight is 277 g/mol. The summed E-state index contributed by atoms with van der Waals surface area (Å²) >= 11 is 6.14. The van der Waals surface area contributed by atoms with Crippen LogP contribution < -0.4 is 0 Å². The van der Waals surface area contributed by atoms with Crippen molar-refractivity contribution >= 4 is 11.6 Å². The summed E-state index contributed by atoms with van der Waals surface area (Å²) in [7, 11) is 0. The average Bonchev–Trinajstić information content (AvgIpc) is 3.22. The van der Waals surface area contributed by atoms with Crippen LogP contribution in [0.3, 0.4) is 0 Å². The van der Waals surface area contributed by atoms with Crippen LogP contribution in [0.15, 0.2) is 30.5 Å². The molecular weight excluding hydrogens is 260 g/mol. The van der Waals surface area contributed by atoms with Gasteiger partial charge in [-0.2, -0.15) is 5.10 Å². The number of hydrogen-bond donors (Lipinski definition) is 1. The Labute approximate surface area is 117 Å². The second kappa shape index (κ2) is 4.99. The van der Waals surface area contributed by atoms with Crippen molar-refractivity contribution in [2.45, 2.75) is 38.3 Å². The number of aromatic nitrogens is 2. The van der Waals surface area contributed by atoms with Crippen molar-refractivity contribution in [3.63, 3.8) is 0 Å². The maximum atomic E-state index is 10.6. The topological polar surface area (TPSA) is 38.0 Å². The highest BCUT2D eigenvalue weighted by atomic mass is 35.5. The zero-order valence-corrected chi connectivity index (χ0v) is 11.6. The van der Waals surface area contributed by atoms with E-state index in [1.807, 2.05) is 19.1 Å². The van der Waals surface area contributed by atoms with Gasteiger partial charge in [0.15, 0.2) is 0 Å². The Kier molecular flexibility index (Phi) is 3.33. The molecule has 1 aromatic carbocycles. The van der Waals surface area contributed by atoms with Gasteiger partial charge >= 0.3 is 0 Å². The molecule has 1 aliphatic carbocycles. The number of rotatable bonds is 4. The number of halogens is 1. The fourth-order valence-corrected chi connectivity index (χ4v) is 2.70. The maximum absolute atomic E-state index is 10.6. The van der Waals surface area contributed by atoms with Crippen LogP contribution in [-0.4, -0.2) is 14.9 Å². The highest BCUT2D eigenvalue weighted by molar-refractivity contribution is 6.31. The van der Waals surface area contributed by atoms with Crippen molar-refractivity contribution < 1.29 is 5.11 Å². The largest absolute Gasteiger partial charge is 0.382 e. The molecule has 1 aliphatic rings. The monoisotopic (exact) mass is 276 g/mol. The van der Waals surface area contributed by atoms with Crippen molar-refractivity contribution in [3.8, 4) is 0 Å². The molecule has 1 aromatic heterocycles. The minimum absolute atomic E-state index is 0.520. The molecule has 100 valence electrons. The molecule has 1 fully saturated rings.